The van der Waals surface area contributed by atoms with Crippen molar-refractivity contribution in [1.82, 2.24) is 4.98 Å². The molecule has 0 aliphatic rings. The Hall–Kier alpha value is -1.000. The zero-order valence-corrected chi connectivity index (χ0v) is 13.0. The maximum absolute atomic E-state index is 12.1. The van der Waals surface area contributed by atoms with E-state index in [9.17, 15) is 4.79 Å². The molecule has 2 aromatic rings. The molecule has 0 unspecified atom stereocenters. The van der Waals surface area contributed by atoms with Gasteiger partial charge in [0.1, 0.15) is 0 Å². The van der Waals surface area contributed by atoms with Crippen molar-refractivity contribution in [2.45, 2.75) is 13.3 Å². The number of benzene rings is 1. The number of carbonyl (C=O) groups is 1. The average molecular weight is 369 g/mol. The van der Waals surface area contributed by atoms with Gasteiger partial charge in [0.25, 0.3) is 0 Å². The molecule has 1 heterocycles. The van der Waals surface area contributed by atoms with Gasteiger partial charge in [-0.25, -0.2) is 0 Å². The van der Waals surface area contributed by atoms with Crippen molar-refractivity contribution in [1.29, 1.82) is 0 Å². The molecule has 2 nitrogen and oxygen atoms in total. The zero-order valence-electron chi connectivity index (χ0n) is 9.78. The van der Waals surface area contributed by atoms with Crippen molar-refractivity contribution in [3.63, 3.8) is 0 Å². The van der Waals surface area contributed by atoms with Crippen LogP contribution in [-0.2, 0) is 6.42 Å². The number of carbonyl (C=O) groups excluding carboxylic acids is 1. The Morgan fingerprint density at radius 2 is 2.00 bits per heavy atom. The molecule has 0 saturated carbocycles. The van der Waals surface area contributed by atoms with Crippen LogP contribution < -0.4 is 0 Å². The lowest BCUT2D eigenvalue weighted by molar-refractivity contribution is 0.0993. The quantitative estimate of drug-likeness (QED) is 0.754. The molecule has 0 saturated heterocycles. The van der Waals surface area contributed by atoms with Crippen LogP contribution in [0.25, 0.3) is 0 Å². The SMILES string of the molecule is Cc1ccc(C(=O)Cc2cncc(Br)c2)cc1Br. The molecule has 0 amide bonds. The number of hydrogen-bond donors (Lipinski definition) is 0. The molecule has 92 valence electrons. The van der Waals surface area contributed by atoms with E-state index in [0.29, 0.717) is 12.0 Å². The van der Waals surface area contributed by atoms with Crippen LogP contribution in [0.5, 0.6) is 0 Å². The van der Waals surface area contributed by atoms with Gasteiger partial charge in [-0.3, -0.25) is 9.78 Å². The molecule has 0 N–H and O–H groups in total. The minimum atomic E-state index is 0.0931. The van der Waals surface area contributed by atoms with Crippen LogP contribution in [0, 0.1) is 6.92 Å². The third-order valence-electron chi connectivity index (χ3n) is 2.62. The smallest absolute Gasteiger partial charge is 0.167 e. The number of Topliss-reactive ketones (excluding diaryl/α,β-unsaturated/α-hetero) is 1. The highest BCUT2D eigenvalue weighted by Gasteiger charge is 2.09. The Kier molecular flexibility index (Phi) is 4.30. The van der Waals surface area contributed by atoms with Crippen molar-refractivity contribution in [3.8, 4) is 0 Å². The number of ketones is 1. The van der Waals surface area contributed by atoms with Crippen LogP contribution in [-0.4, -0.2) is 10.8 Å². The molecule has 0 fully saturated rings. The highest BCUT2D eigenvalue weighted by Crippen LogP contribution is 2.19. The van der Waals surface area contributed by atoms with E-state index in [2.05, 4.69) is 36.8 Å². The maximum atomic E-state index is 12.1. The lowest BCUT2D eigenvalue weighted by Gasteiger charge is -2.04. The van der Waals surface area contributed by atoms with E-state index in [1.54, 1.807) is 12.4 Å². The molecule has 1 aromatic carbocycles. The fourth-order valence-electron chi connectivity index (χ4n) is 1.61. The highest BCUT2D eigenvalue weighted by molar-refractivity contribution is 9.10. The summed E-state index contributed by atoms with van der Waals surface area (Å²) in [5.41, 5.74) is 2.74. The lowest BCUT2D eigenvalue weighted by atomic mass is 10.0. The molecule has 1 aromatic heterocycles. The minimum Gasteiger partial charge on any atom is -0.294 e. The largest absolute Gasteiger partial charge is 0.294 e. The number of hydrogen-bond acceptors (Lipinski definition) is 2. The molecule has 0 spiro atoms. The van der Waals surface area contributed by atoms with E-state index in [0.717, 1.165) is 20.1 Å². The van der Waals surface area contributed by atoms with Crippen LogP contribution in [0.3, 0.4) is 0 Å². The Bertz CT molecular complexity index is 596. The summed E-state index contributed by atoms with van der Waals surface area (Å²) in [7, 11) is 0. The van der Waals surface area contributed by atoms with Gasteiger partial charge in [-0.05, 0) is 46.1 Å². The summed E-state index contributed by atoms with van der Waals surface area (Å²) in [6.45, 7) is 2.00. The summed E-state index contributed by atoms with van der Waals surface area (Å²) in [5, 5.41) is 0. The number of pyridine rings is 1. The summed E-state index contributed by atoms with van der Waals surface area (Å²) < 4.78 is 1.85. The van der Waals surface area contributed by atoms with E-state index < -0.39 is 0 Å². The molecular weight excluding hydrogens is 358 g/mol. The summed E-state index contributed by atoms with van der Waals surface area (Å²) >= 11 is 6.79. The zero-order chi connectivity index (χ0) is 13.1. The molecule has 0 bridgehead atoms. The van der Waals surface area contributed by atoms with Crippen molar-refractivity contribution < 1.29 is 4.79 Å². The first kappa shape index (κ1) is 13.4. The summed E-state index contributed by atoms with van der Waals surface area (Å²) in [4.78, 5) is 16.2. The first-order valence-electron chi connectivity index (χ1n) is 5.45. The minimum absolute atomic E-state index is 0.0931. The van der Waals surface area contributed by atoms with E-state index in [1.165, 1.54) is 0 Å². The van der Waals surface area contributed by atoms with Crippen molar-refractivity contribution >= 4 is 37.6 Å². The van der Waals surface area contributed by atoms with Crippen LogP contribution >= 0.6 is 31.9 Å². The molecule has 2 rings (SSSR count). The Morgan fingerprint density at radius 3 is 2.67 bits per heavy atom. The van der Waals surface area contributed by atoms with Gasteiger partial charge in [-0.15, -0.1) is 0 Å². The van der Waals surface area contributed by atoms with Crippen molar-refractivity contribution in [2.75, 3.05) is 0 Å². The summed E-state index contributed by atoms with van der Waals surface area (Å²) in [5.74, 6) is 0.0931. The van der Waals surface area contributed by atoms with Gasteiger partial charge in [0.05, 0.1) is 0 Å². The fraction of sp³-hybridized carbons (Fsp3) is 0.143. The van der Waals surface area contributed by atoms with E-state index in [4.69, 9.17) is 0 Å². The van der Waals surface area contributed by atoms with E-state index in [1.807, 2.05) is 31.2 Å². The second-order valence-electron chi connectivity index (χ2n) is 4.08. The predicted octanol–water partition coefficient (Wildman–Crippen LogP) is 4.34. The monoisotopic (exact) mass is 367 g/mol. The van der Waals surface area contributed by atoms with Crippen LogP contribution in [0.4, 0.5) is 0 Å². The maximum Gasteiger partial charge on any atom is 0.167 e. The Labute approximate surface area is 123 Å². The lowest BCUT2D eigenvalue weighted by Crippen LogP contribution is -2.04. The van der Waals surface area contributed by atoms with Gasteiger partial charge in [0.2, 0.25) is 0 Å². The van der Waals surface area contributed by atoms with E-state index >= 15 is 0 Å². The molecule has 18 heavy (non-hydrogen) atoms. The summed E-state index contributed by atoms with van der Waals surface area (Å²) in [6.07, 6.45) is 3.78. The fourth-order valence-corrected chi connectivity index (χ4v) is 2.40. The Balaban J connectivity index is 2.19. The molecule has 0 atom stereocenters. The molecule has 0 aliphatic heterocycles. The second-order valence-corrected chi connectivity index (χ2v) is 5.85. The molecule has 4 heteroatoms. The second kappa shape index (κ2) is 5.76. The Morgan fingerprint density at radius 1 is 1.22 bits per heavy atom. The molecule has 0 radical (unpaired) electrons. The van der Waals surface area contributed by atoms with Crippen molar-refractivity contribution in [2.24, 2.45) is 0 Å². The first-order valence-corrected chi connectivity index (χ1v) is 7.03. The number of aromatic nitrogens is 1. The van der Waals surface area contributed by atoms with Gasteiger partial charge < -0.3 is 0 Å². The van der Waals surface area contributed by atoms with Gasteiger partial charge in [0.15, 0.2) is 5.78 Å². The van der Waals surface area contributed by atoms with E-state index in [-0.39, 0.29) is 5.78 Å². The summed E-state index contributed by atoms with van der Waals surface area (Å²) in [6, 6.07) is 7.57. The number of nitrogens with zero attached hydrogens (tertiary/aromatic N) is 1. The molecule has 0 aliphatic carbocycles. The highest BCUT2D eigenvalue weighted by atomic mass is 79.9. The van der Waals surface area contributed by atoms with Crippen LogP contribution in [0.2, 0.25) is 0 Å². The number of rotatable bonds is 3. The molecular formula is C14H11Br2NO. The van der Waals surface area contributed by atoms with Gasteiger partial charge >= 0.3 is 0 Å². The normalized spacial score (nSPS) is 10.4. The predicted molar refractivity (Wildman–Crippen MR) is 78.9 cm³/mol. The number of halogens is 2. The number of aryl methyl sites for hydroxylation is 1. The standard InChI is InChI=1S/C14H11Br2NO/c1-9-2-3-11(6-13(9)16)14(18)5-10-4-12(15)8-17-7-10/h2-4,6-8H,5H2,1H3. The third-order valence-corrected chi connectivity index (χ3v) is 3.91. The van der Waals surface area contributed by atoms with Gasteiger partial charge in [-0.2, -0.15) is 0 Å². The van der Waals surface area contributed by atoms with Crippen LogP contribution in [0.15, 0.2) is 45.6 Å². The van der Waals surface area contributed by atoms with Gasteiger partial charge in [-0.1, -0.05) is 28.1 Å². The topological polar surface area (TPSA) is 30.0 Å². The van der Waals surface area contributed by atoms with Gasteiger partial charge in [0, 0.05) is 33.3 Å². The third kappa shape index (κ3) is 3.27. The average Bonchev–Trinajstić information content (AvgIpc) is 2.32. The first-order chi connectivity index (χ1) is 8.56. The van der Waals surface area contributed by atoms with Crippen molar-refractivity contribution in [3.05, 3.63) is 62.3 Å². The van der Waals surface area contributed by atoms with Crippen LogP contribution in [0.1, 0.15) is 21.5 Å².